The largest absolute Gasteiger partial charge is 0.416 e. The maximum Gasteiger partial charge on any atom is 0.416 e. The van der Waals surface area contributed by atoms with Crippen molar-refractivity contribution in [2.45, 2.75) is 12.7 Å². The second-order valence-electron chi connectivity index (χ2n) is 6.01. The topological polar surface area (TPSA) is 41.4 Å². The molecular formula is C17H19F3N4O. The van der Waals surface area contributed by atoms with Gasteiger partial charge in [-0.3, -0.25) is 9.69 Å². The normalized spacial score (nSPS) is 16.2. The monoisotopic (exact) mass is 352 g/mol. The SMILES string of the molecule is O=C(c1ccc(C(F)(F)F)cc1)N1CCN(CCn2ccnc2)CC1. The minimum Gasteiger partial charge on any atom is -0.336 e. The van der Waals surface area contributed by atoms with Crippen molar-refractivity contribution in [3.8, 4) is 0 Å². The predicted octanol–water partition coefficient (Wildman–Crippen LogP) is 2.36. The maximum atomic E-state index is 12.6. The van der Waals surface area contributed by atoms with Crippen LogP contribution in [0, 0.1) is 0 Å². The molecule has 0 bridgehead atoms. The van der Waals surface area contributed by atoms with Crippen molar-refractivity contribution in [2.75, 3.05) is 32.7 Å². The zero-order valence-electron chi connectivity index (χ0n) is 13.6. The van der Waals surface area contributed by atoms with Crippen molar-refractivity contribution in [1.82, 2.24) is 19.4 Å². The number of halogens is 3. The van der Waals surface area contributed by atoms with Gasteiger partial charge in [-0.25, -0.2) is 4.98 Å². The van der Waals surface area contributed by atoms with Gasteiger partial charge in [-0.2, -0.15) is 13.2 Å². The average Bonchev–Trinajstić information content (AvgIpc) is 3.13. The van der Waals surface area contributed by atoms with Crippen LogP contribution < -0.4 is 0 Å². The highest BCUT2D eigenvalue weighted by Crippen LogP contribution is 2.29. The lowest BCUT2D eigenvalue weighted by molar-refractivity contribution is -0.137. The van der Waals surface area contributed by atoms with E-state index in [1.165, 1.54) is 12.1 Å². The Balaban J connectivity index is 1.51. The Labute approximate surface area is 143 Å². The number of aromatic nitrogens is 2. The molecule has 0 unspecified atom stereocenters. The molecule has 1 aromatic carbocycles. The van der Waals surface area contributed by atoms with Gasteiger partial charge in [-0.15, -0.1) is 0 Å². The van der Waals surface area contributed by atoms with Gasteiger partial charge in [-0.1, -0.05) is 0 Å². The number of carbonyl (C=O) groups excluding carboxylic acids is 1. The Morgan fingerprint density at radius 3 is 2.28 bits per heavy atom. The molecule has 0 radical (unpaired) electrons. The Morgan fingerprint density at radius 2 is 1.72 bits per heavy atom. The molecule has 1 fully saturated rings. The maximum absolute atomic E-state index is 12.6. The number of benzene rings is 1. The highest BCUT2D eigenvalue weighted by Gasteiger charge is 2.30. The van der Waals surface area contributed by atoms with Crippen molar-refractivity contribution < 1.29 is 18.0 Å². The van der Waals surface area contributed by atoms with Crippen LogP contribution >= 0.6 is 0 Å². The number of carbonyl (C=O) groups is 1. The molecule has 134 valence electrons. The number of hydrogen-bond donors (Lipinski definition) is 0. The summed E-state index contributed by atoms with van der Waals surface area (Å²) in [6.45, 7) is 4.36. The fraction of sp³-hybridized carbons (Fsp3) is 0.412. The minimum absolute atomic E-state index is 0.219. The first kappa shape index (κ1) is 17.5. The van der Waals surface area contributed by atoms with E-state index in [0.29, 0.717) is 18.7 Å². The summed E-state index contributed by atoms with van der Waals surface area (Å²) in [7, 11) is 0. The molecule has 1 aliphatic rings. The third kappa shape index (κ3) is 4.39. The van der Waals surface area contributed by atoms with E-state index in [-0.39, 0.29) is 5.91 Å². The fourth-order valence-corrected chi connectivity index (χ4v) is 2.83. The summed E-state index contributed by atoms with van der Waals surface area (Å²) in [6.07, 6.45) is 1.03. The lowest BCUT2D eigenvalue weighted by Gasteiger charge is -2.34. The van der Waals surface area contributed by atoms with Crippen LogP contribution in [0.2, 0.25) is 0 Å². The smallest absolute Gasteiger partial charge is 0.336 e. The van der Waals surface area contributed by atoms with Gasteiger partial charge < -0.3 is 9.47 Å². The molecule has 25 heavy (non-hydrogen) atoms. The Kier molecular flexibility index (Phi) is 5.08. The van der Waals surface area contributed by atoms with E-state index in [9.17, 15) is 18.0 Å². The molecule has 2 aromatic rings. The van der Waals surface area contributed by atoms with E-state index in [4.69, 9.17) is 0 Å². The summed E-state index contributed by atoms with van der Waals surface area (Å²) in [5.74, 6) is -0.219. The van der Waals surface area contributed by atoms with Gasteiger partial charge in [0.05, 0.1) is 11.9 Å². The molecule has 1 aromatic heterocycles. The third-order valence-electron chi connectivity index (χ3n) is 4.35. The molecule has 0 aliphatic carbocycles. The lowest BCUT2D eigenvalue weighted by atomic mass is 10.1. The van der Waals surface area contributed by atoms with Gasteiger partial charge in [0.1, 0.15) is 0 Å². The van der Waals surface area contributed by atoms with Crippen LogP contribution in [0.3, 0.4) is 0 Å². The number of rotatable bonds is 4. The molecule has 1 saturated heterocycles. The summed E-state index contributed by atoms with van der Waals surface area (Å²) >= 11 is 0. The number of amides is 1. The third-order valence-corrected chi connectivity index (χ3v) is 4.35. The van der Waals surface area contributed by atoms with Crippen LogP contribution in [0.1, 0.15) is 15.9 Å². The van der Waals surface area contributed by atoms with Crippen molar-refractivity contribution in [1.29, 1.82) is 0 Å². The van der Waals surface area contributed by atoms with Crippen molar-refractivity contribution in [3.05, 3.63) is 54.1 Å². The van der Waals surface area contributed by atoms with Gasteiger partial charge in [0, 0.05) is 57.2 Å². The van der Waals surface area contributed by atoms with Gasteiger partial charge in [0.15, 0.2) is 0 Å². The first-order chi connectivity index (χ1) is 11.9. The number of hydrogen-bond acceptors (Lipinski definition) is 3. The molecule has 0 N–H and O–H groups in total. The van der Waals surface area contributed by atoms with Gasteiger partial charge in [-0.05, 0) is 24.3 Å². The summed E-state index contributed by atoms with van der Waals surface area (Å²) in [5, 5.41) is 0. The van der Waals surface area contributed by atoms with Crippen LogP contribution in [0.15, 0.2) is 43.0 Å². The molecule has 1 aliphatic heterocycles. The van der Waals surface area contributed by atoms with Crippen LogP contribution in [0.4, 0.5) is 13.2 Å². The highest BCUT2D eigenvalue weighted by molar-refractivity contribution is 5.94. The molecular weight excluding hydrogens is 333 g/mol. The summed E-state index contributed by atoms with van der Waals surface area (Å²) < 4.78 is 39.8. The van der Waals surface area contributed by atoms with E-state index in [1.807, 2.05) is 10.8 Å². The van der Waals surface area contributed by atoms with E-state index in [0.717, 1.165) is 38.3 Å². The van der Waals surface area contributed by atoms with Crippen LogP contribution in [-0.4, -0.2) is 58.0 Å². The summed E-state index contributed by atoms with van der Waals surface area (Å²) in [4.78, 5) is 20.4. The predicted molar refractivity (Wildman–Crippen MR) is 86.0 cm³/mol. The molecule has 5 nitrogen and oxygen atoms in total. The molecule has 8 heteroatoms. The quantitative estimate of drug-likeness (QED) is 0.848. The minimum atomic E-state index is -4.39. The zero-order valence-corrected chi connectivity index (χ0v) is 13.6. The lowest BCUT2D eigenvalue weighted by Crippen LogP contribution is -2.49. The van der Waals surface area contributed by atoms with Gasteiger partial charge in [0.2, 0.25) is 0 Å². The van der Waals surface area contributed by atoms with E-state index < -0.39 is 11.7 Å². The number of alkyl halides is 3. The Hall–Kier alpha value is -2.35. The van der Waals surface area contributed by atoms with E-state index >= 15 is 0 Å². The number of nitrogens with zero attached hydrogens (tertiary/aromatic N) is 4. The van der Waals surface area contributed by atoms with E-state index in [2.05, 4.69) is 9.88 Å². The highest BCUT2D eigenvalue weighted by atomic mass is 19.4. The Bertz CT molecular complexity index is 690. The van der Waals surface area contributed by atoms with E-state index in [1.54, 1.807) is 17.4 Å². The average molecular weight is 352 g/mol. The molecule has 0 spiro atoms. The standard InChI is InChI=1S/C17H19F3N4O/c18-17(19,20)15-3-1-14(2-4-15)16(25)24-11-9-22(10-12-24)7-8-23-6-5-21-13-23/h1-6,13H,7-12H2. The van der Waals surface area contributed by atoms with Crippen molar-refractivity contribution >= 4 is 5.91 Å². The van der Waals surface area contributed by atoms with Crippen molar-refractivity contribution in [2.24, 2.45) is 0 Å². The first-order valence-corrected chi connectivity index (χ1v) is 8.08. The molecule has 0 saturated carbocycles. The molecule has 0 atom stereocenters. The number of piperazine rings is 1. The summed E-state index contributed by atoms with van der Waals surface area (Å²) in [6, 6.07) is 4.40. The first-order valence-electron chi connectivity index (χ1n) is 8.08. The molecule has 1 amide bonds. The second kappa shape index (κ2) is 7.26. The van der Waals surface area contributed by atoms with Crippen LogP contribution in [0.25, 0.3) is 0 Å². The van der Waals surface area contributed by atoms with Gasteiger partial charge in [0.25, 0.3) is 5.91 Å². The Morgan fingerprint density at radius 1 is 1.04 bits per heavy atom. The van der Waals surface area contributed by atoms with Gasteiger partial charge >= 0.3 is 6.18 Å². The summed E-state index contributed by atoms with van der Waals surface area (Å²) in [5.41, 5.74) is -0.451. The van der Waals surface area contributed by atoms with Crippen molar-refractivity contribution in [3.63, 3.8) is 0 Å². The molecule has 2 heterocycles. The fourth-order valence-electron chi connectivity index (χ4n) is 2.83. The second-order valence-corrected chi connectivity index (χ2v) is 6.01. The van der Waals surface area contributed by atoms with Crippen LogP contribution in [0.5, 0.6) is 0 Å². The molecule has 3 rings (SSSR count). The number of imidazole rings is 1. The van der Waals surface area contributed by atoms with Crippen LogP contribution in [-0.2, 0) is 12.7 Å². The zero-order chi connectivity index (χ0) is 17.9.